The van der Waals surface area contributed by atoms with Gasteiger partial charge in [-0.15, -0.1) is 0 Å². The van der Waals surface area contributed by atoms with Gasteiger partial charge in [-0.05, 0) is 58.8 Å². The number of carbonyl (C=O) groups is 1. The molecule has 0 unspecified atom stereocenters. The quantitative estimate of drug-likeness (QED) is 0.650. The Labute approximate surface area is 118 Å². The number of ether oxygens (including phenoxy) is 1. The molecule has 0 spiro atoms. The first-order chi connectivity index (χ1) is 8.42. The van der Waals surface area contributed by atoms with Crippen molar-refractivity contribution in [3.05, 3.63) is 0 Å². The van der Waals surface area contributed by atoms with Gasteiger partial charge < -0.3 is 9.64 Å². The predicted octanol–water partition coefficient (Wildman–Crippen LogP) is 4.46. The molecule has 3 heteroatoms. The highest BCUT2D eigenvalue weighted by Gasteiger charge is 2.39. The molecule has 0 saturated carbocycles. The zero-order chi connectivity index (χ0) is 15.0. The molecule has 1 heterocycles. The van der Waals surface area contributed by atoms with Crippen LogP contribution in [0.3, 0.4) is 0 Å². The average molecular weight is 269 g/mol. The van der Waals surface area contributed by atoms with Gasteiger partial charge in [0.25, 0.3) is 0 Å². The van der Waals surface area contributed by atoms with E-state index < -0.39 is 5.60 Å². The van der Waals surface area contributed by atoms with Crippen molar-refractivity contribution in [1.82, 2.24) is 4.90 Å². The van der Waals surface area contributed by atoms with Crippen LogP contribution in [0.25, 0.3) is 0 Å². The second-order valence-electron chi connectivity index (χ2n) is 8.12. The summed E-state index contributed by atoms with van der Waals surface area (Å²) in [4.78, 5) is 14.2. The van der Waals surface area contributed by atoms with Crippen LogP contribution in [0, 0.1) is 11.3 Å². The van der Waals surface area contributed by atoms with E-state index in [-0.39, 0.29) is 18.2 Å². The lowest BCUT2D eigenvalue weighted by atomic mass is 9.71. The fraction of sp³-hybridized carbons (Fsp3) is 0.938. The third kappa shape index (κ3) is 4.39. The van der Waals surface area contributed by atoms with E-state index in [1.807, 2.05) is 25.7 Å². The third-order valence-electron chi connectivity index (χ3n) is 4.03. The molecule has 1 rings (SSSR count). The van der Waals surface area contributed by atoms with E-state index in [4.69, 9.17) is 4.74 Å². The van der Waals surface area contributed by atoms with Crippen molar-refractivity contribution < 1.29 is 9.53 Å². The maximum atomic E-state index is 12.3. The van der Waals surface area contributed by atoms with Gasteiger partial charge in [-0.1, -0.05) is 20.8 Å². The van der Waals surface area contributed by atoms with E-state index in [9.17, 15) is 4.79 Å². The van der Waals surface area contributed by atoms with Crippen LogP contribution in [-0.4, -0.2) is 28.7 Å². The zero-order valence-electron chi connectivity index (χ0n) is 13.9. The van der Waals surface area contributed by atoms with Gasteiger partial charge >= 0.3 is 6.09 Å². The minimum absolute atomic E-state index is 0.167. The maximum absolute atomic E-state index is 12.3. The topological polar surface area (TPSA) is 29.5 Å². The Kier molecular flexibility index (Phi) is 4.58. The van der Waals surface area contributed by atoms with E-state index in [1.54, 1.807) is 0 Å². The molecule has 0 bridgehead atoms. The van der Waals surface area contributed by atoms with Gasteiger partial charge in [-0.2, -0.15) is 0 Å². The largest absolute Gasteiger partial charge is 0.444 e. The average Bonchev–Trinajstić information content (AvgIpc) is 2.11. The van der Waals surface area contributed by atoms with E-state index in [0.717, 1.165) is 12.8 Å². The SMILES string of the molecule is C[C@@H]1CC(C(C)(C)C)C[C@@H](C)N1C(=O)OC(C)(C)C. The van der Waals surface area contributed by atoms with E-state index in [0.29, 0.717) is 11.3 Å². The second-order valence-corrected chi connectivity index (χ2v) is 8.12. The van der Waals surface area contributed by atoms with Crippen molar-refractivity contribution in [1.29, 1.82) is 0 Å². The van der Waals surface area contributed by atoms with Crippen LogP contribution in [0.1, 0.15) is 68.2 Å². The molecule has 2 atom stereocenters. The minimum Gasteiger partial charge on any atom is -0.444 e. The lowest BCUT2D eigenvalue weighted by molar-refractivity contribution is -0.0180. The molecule has 0 radical (unpaired) electrons. The molecule has 1 aliphatic rings. The summed E-state index contributed by atoms with van der Waals surface area (Å²) in [6.45, 7) is 16.9. The van der Waals surface area contributed by atoms with Crippen LogP contribution in [0.4, 0.5) is 4.79 Å². The first-order valence-corrected chi connectivity index (χ1v) is 7.43. The summed E-state index contributed by atoms with van der Waals surface area (Å²) in [6, 6.07) is 0.505. The molecule has 1 fully saturated rings. The molecular formula is C16H31NO2. The Morgan fingerprint density at radius 1 is 1.00 bits per heavy atom. The Hall–Kier alpha value is -0.730. The van der Waals surface area contributed by atoms with Gasteiger partial charge in [0.2, 0.25) is 0 Å². The summed E-state index contributed by atoms with van der Waals surface area (Å²) in [5.41, 5.74) is -0.111. The molecule has 19 heavy (non-hydrogen) atoms. The Morgan fingerprint density at radius 3 is 1.74 bits per heavy atom. The number of nitrogens with zero attached hydrogens (tertiary/aromatic N) is 1. The summed E-state index contributed by atoms with van der Waals surface area (Å²) < 4.78 is 5.53. The Morgan fingerprint density at radius 2 is 1.42 bits per heavy atom. The number of amides is 1. The minimum atomic E-state index is -0.419. The number of carbonyl (C=O) groups excluding carboxylic acids is 1. The summed E-state index contributed by atoms with van der Waals surface area (Å²) >= 11 is 0. The first-order valence-electron chi connectivity index (χ1n) is 7.43. The fourth-order valence-electron chi connectivity index (χ4n) is 2.96. The van der Waals surface area contributed by atoms with Crippen molar-refractivity contribution in [3.63, 3.8) is 0 Å². The molecule has 1 saturated heterocycles. The molecule has 0 N–H and O–H groups in total. The number of rotatable bonds is 0. The van der Waals surface area contributed by atoms with Crippen molar-refractivity contribution in [2.45, 2.75) is 85.9 Å². The van der Waals surface area contributed by atoms with Gasteiger partial charge in [0.15, 0.2) is 0 Å². The second kappa shape index (κ2) is 5.34. The Balaban J connectivity index is 2.76. The number of hydrogen-bond acceptors (Lipinski definition) is 2. The summed E-state index contributed by atoms with van der Waals surface area (Å²) in [6.07, 6.45) is 1.96. The number of hydrogen-bond donors (Lipinski definition) is 0. The van der Waals surface area contributed by atoms with E-state index >= 15 is 0 Å². The highest BCUT2D eigenvalue weighted by atomic mass is 16.6. The Bertz CT molecular complexity index is 313. The predicted molar refractivity (Wildman–Crippen MR) is 79.2 cm³/mol. The first kappa shape index (κ1) is 16.3. The van der Waals surface area contributed by atoms with Crippen LogP contribution >= 0.6 is 0 Å². The van der Waals surface area contributed by atoms with Gasteiger partial charge in [-0.25, -0.2) is 4.79 Å². The molecule has 3 nitrogen and oxygen atoms in total. The van der Waals surface area contributed by atoms with Crippen LogP contribution in [0.15, 0.2) is 0 Å². The lowest BCUT2D eigenvalue weighted by Crippen LogP contribution is -2.53. The van der Waals surface area contributed by atoms with E-state index in [2.05, 4.69) is 34.6 Å². The molecule has 0 aromatic heterocycles. The van der Waals surface area contributed by atoms with Crippen LogP contribution < -0.4 is 0 Å². The fourth-order valence-corrected chi connectivity index (χ4v) is 2.96. The number of piperidine rings is 1. The molecule has 0 aliphatic carbocycles. The van der Waals surface area contributed by atoms with Crippen LogP contribution in [0.2, 0.25) is 0 Å². The number of likely N-dealkylation sites (tertiary alicyclic amines) is 1. The third-order valence-corrected chi connectivity index (χ3v) is 4.03. The normalized spacial score (nSPS) is 29.3. The highest BCUT2D eigenvalue weighted by Crippen LogP contribution is 2.39. The monoisotopic (exact) mass is 269 g/mol. The van der Waals surface area contributed by atoms with Crippen LogP contribution in [0.5, 0.6) is 0 Å². The maximum Gasteiger partial charge on any atom is 0.410 e. The zero-order valence-corrected chi connectivity index (χ0v) is 13.9. The van der Waals surface area contributed by atoms with Crippen molar-refractivity contribution in [2.75, 3.05) is 0 Å². The smallest absolute Gasteiger partial charge is 0.410 e. The molecular weight excluding hydrogens is 238 g/mol. The lowest BCUT2D eigenvalue weighted by Gasteiger charge is -2.46. The van der Waals surface area contributed by atoms with Gasteiger partial charge in [0, 0.05) is 12.1 Å². The van der Waals surface area contributed by atoms with Crippen molar-refractivity contribution >= 4 is 6.09 Å². The molecule has 0 aromatic rings. The van der Waals surface area contributed by atoms with Gasteiger partial charge in [0.05, 0.1) is 0 Å². The van der Waals surface area contributed by atoms with Gasteiger partial charge in [0.1, 0.15) is 5.60 Å². The van der Waals surface area contributed by atoms with Crippen LogP contribution in [-0.2, 0) is 4.74 Å². The van der Waals surface area contributed by atoms with Crippen molar-refractivity contribution in [3.8, 4) is 0 Å². The summed E-state index contributed by atoms with van der Waals surface area (Å²) in [5.74, 6) is 0.663. The molecule has 1 aliphatic heterocycles. The van der Waals surface area contributed by atoms with Gasteiger partial charge in [-0.3, -0.25) is 0 Å². The highest BCUT2D eigenvalue weighted by molar-refractivity contribution is 5.69. The summed E-state index contributed by atoms with van der Waals surface area (Å²) in [5, 5.41) is 0. The molecule has 112 valence electrons. The molecule has 1 amide bonds. The van der Waals surface area contributed by atoms with E-state index in [1.165, 1.54) is 0 Å². The standard InChI is InChI=1S/C16H31NO2/c1-11-9-13(15(3,4)5)10-12(2)17(11)14(18)19-16(6,7)8/h11-13H,9-10H2,1-8H3/t11-,12-/m1/s1. The molecule has 0 aromatic carbocycles. The van der Waals surface area contributed by atoms with Crippen molar-refractivity contribution in [2.24, 2.45) is 11.3 Å². The summed E-state index contributed by atoms with van der Waals surface area (Å²) in [7, 11) is 0.